The number of furan rings is 1. The molecule has 0 aliphatic heterocycles. The molecule has 2 saturated carbocycles. The quantitative estimate of drug-likeness (QED) is 0.118. The van der Waals surface area contributed by atoms with Crippen LogP contribution in [0.3, 0.4) is 0 Å². The van der Waals surface area contributed by atoms with Crippen molar-refractivity contribution in [3.8, 4) is 33.6 Å². The number of fused-ring (bicyclic) bond motifs is 3. The van der Waals surface area contributed by atoms with E-state index in [9.17, 15) is 0 Å². The van der Waals surface area contributed by atoms with Crippen LogP contribution in [0.5, 0.6) is 0 Å². The van der Waals surface area contributed by atoms with E-state index in [-0.39, 0.29) is 20.1 Å². The van der Waals surface area contributed by atoms with Crippen molar-refractivity contribution in [2.24, 2.45) is 5.92 Å². The first-order valence-electron chi connectivity index (χ1n) is 19.8. The van der Waals surface area contributed by atoms with Gasteiger partial charge in [-0.15, -0.1) is 48.0 Å². The first-order valence-corrected chi connectivity index (χ1v) is 23.3. The number of para-hydroxylation sites is 1. The molecule has 54 heavy (non-hydrogen) atoms. The number of pyridine rings is 2. The molecule has 0 saturated heterocycles. The Kier molecular flexibility index (Phi) is 12.1. The summed E-state index contributed by atoms with van der Waals surface area (Å²) < 4.78 is 6.41. The Balaban J connectivity index is 0.000000174. The van der Waals surface area contributed by atoms with Crippen molar-refractivity contribution in [1.82, 2.24) is 9.97 Å². The molecular formula is C49H50IrN2OSi-2. The van der Waals surface area contributed by atoms with E-state index in [1.807, 2.05) is 36.5 Å². The van der Waals surface area contributed by atoms with Gasteiger partial charge in [0.2, 0.25) is 0 Å². The maximum absolute atomic E-state index is 6.41. The molecule has 1 radical (unpaired) electrons. The Morgan fingerprint density at radius 1 is 0.741 bits per heavy atom. The number of nitrogens with zero attached hydrogens (tertiary/aromatic N) is 2. The first-order chi connectivity index (χ1) is 25.9. The molecule has 0 bridgehead atoms. The van der Waals surface area contributed by atoms with Crippen molar-refractivity contribution < 1.29 is 24.5 Å². The van der Waals surface area contributed by atoms with E-state index in [1.54, 1.807) is 10.8 Å². The Morgan fingerprint density at radius 3 is 2.24 bits per heavy atom. The van der Waals surface area contributed by atoms with Crippen LogP contribution in [0, 0.1) is 18.1 Å². The standard InChI is InChI=1S/C29H24NO.C20H26NSi.Ir/c1-3-9-20(10-4-1)22-17-18-30-26(19-22)24-16-15-23(21-11-5-2-6-12-21)28-25-13-7-8-14-27(25)31-29(24)28;1-22(2,3)20-15-21-19(17-11-5-4-6-12-17)14-18(20)13-16-9-7-8-10-16;/h2,5-8,11-15,17-20H,1,3-4,9-10H2;4-6,11,14-16H,7-10,13H2,1-3H3;/q2*-1;. The van der Waals surface area contributed by atoms with Gasteiger partial charge < -0.3 is 14.4 Å². The maximum atomic E-state index is 6.41. The molecule has 5 heteroatoms. The van der Waals surface area contributed by atoms with Crippen LogP contribution in [0.25, 0.3) is 55.6 Å². The molecule has 2 aliphatic rings. The Hall–Kier alpha value is -4.15. The van der Waals surface area contributed by atoms with Crippen LogP contribution in [0.1, 0.15) is 74.8 Å². The number of rotatable bonds is 7. The second-order valence-electron chi connectivity index (χ2n) is 16.2. The normalized spacial score (nSPS) is 15.2. The largest absolute Gasteiger partial charge is 0.501 e. The molecule has 0 N–H and O–H groups in total. The van der Waals surface area contributed by atoms with Crippen molar-refractivity contribution in [1.29, 1.82) is 0 Å². The average molecular weight is 903 g/mol. The molecule has 0 unspecified atom stereocenters. The van der Waals surface area contributed by atoms with Gasteiger partial charge in [-0.25, -0.2) is 0 Å². The summed E-state index contributed by atoms with van der Waals surface area (Å²) in [6, 6.07) is 42.7. The third-order valence-corrected chi connectivity index (χ3v) is 13.5. The smallest absolute Gasteiger partial charge is 0.120 e. The van der Waals surface area contributed by atoms with Crippen LogP contribution >= 0.6 is 0 Å². The fourth-order valence-corrected chi connectivity index (χ4v) is 10.2. The minimum Gasteiger partial charge on any atom is -0.501 e. The molecule has 0 amide bonds. The SMILES string of the molecule is C[Si](C)(C)c1cnc(-c2[c-]cccc2)cc1CC1CCCC1.[Ir].[c-]1cc(-c2ccccc2)c2c(oc3ccccc32)c1-c1cc(C2CCCCC2)ccn1. The molecule has 277 valence electrons. The summed E-state index contributed by atoms with van der Waals surface area (Å²) in [5.74, 6) is 1.52. The van der Waals surface area contributed by atoms with Gasteiger partial charge in [0.15, 0.2) is 0 Å². The summed E-state index contributed by atoms with van der Waals surface area (Å²) in [4.78, 5) is 9.49. The van der Waals surface area contributed by atoms with Crippen LogP contribution in [0.2, 0.25) is 19.6 Å². The van der Waals surface area contributed by atoms with Gasteiger partial charge in [0.1, 0.15) is 5.58 Å². The Bertz CT molecular complexity index is 2300. The molecular weight excluding hydrogens is 853 g/mol. The fraction of sp³-hybridized carbons (Fsp3) is 0.306. The van der Waals surface area contributed by atoms with Gasteiger partial charge in [-0.1, -0.05) is 153 Å². The van der Waals surface area contributed by atoms with Crippen molar-refractivity contribution in [2.45, 2.75) is 89.8 Å². The van der Waals surface area contributed by atoms with Crippen molar-refractivity contribution in [3.63, 3.8) is 0 Å². The predicted molar refractivity (Wildman–Crippen MR) is 224 cm³/mol. The molecule has 3 aromatic heterocycles. The molecule has 3 nitrogen and oxygen atoms in total. The van der Waals surface area contributed by atoms with E-state index in [4.69, 9.17) is 14.4 Å². The third-order valence-electron chi connectivity index (χ3n) is 11.4. The zero-order valence-corrected chi connectivity index (χ0v) is 35.2. The summed E-state index contributed by atoms with van der Waals surface area (Å²) in [5.41, 5.74) is 11.1. The van der Waals surface area contributed by atoms with Gasteiger partial charge in [-0.05, 0) is 65.2 Å². The van der Waals surface area contributed by atoms with Gasteiger partial charge in [-0.2, -0.15) is 0 Å². The molecule has 9 rings (SSSR count). The van der Waals surface area contributed by atoms with Crippen LogP contribution in [-0.4, -0.2) is 18.0 Å². The van der Waals surface area contributed by atoms with E-state index >= 15 is 0 Å². The summed E-state index contributed by atoms with van der Waals surface area (Å²) in [5, 5.41) is 3.81. The fourth-order valence-electron chi connectivity index (χ4n) is 8.65. The third kappa shape index (κ3) is 8.39. The van der Waals surface area contributed by atoms with Crippen molar-refractivity contribution in [2.75, 3.05) is 0 Å². The molecule has 0 atom stereocenters. The topological polar surface area (TPSA) is 38.9 Å². The van der Waals surface area contributed by atoms with Crippen molar-refractivity contribution >= 4 is 35.2 Å². The number of hydrogen-bond donors (Lipinski definition) is 0. The Labute approximate surface area is 336 Å². The molecule has 2 aliphatic carbocycles. The monoisotopic (exact) mass is 903 g/mol. The molecule has 3 heterocycles. The maximum Gasteiger partial charge on any atom is 0.120 e. The van der Waals surface area contributed by atoms with E-state index in [0.717, 1.165) is 55.9 Å². The minimum absolute atomic E-state index is 0. The molecule has 0 spiro atoms. The van der Waals surface area contributed by atoms with Crippen LogP contribution in [-0.2, 0) is 26.5 Å². The van der Waals surface area contributed by atoms with E-state index in [1.165, 1.54) is 75.3 Å². The summed E-state index contributed by atoms with van der Waals surface area (Å²) in [6.45, 7) is 7.28. The Morgan fingerprint density at radius 2 is 1.48 bits per heavy atom. The predicted octanol–water partition coefficient (Wildman–Crippen LogP) is 13.0. The van der Waals surface area contributed by atoms with Gasteiger partial charge >= 0.3 is 0 Å². The van der Waals surface area contributed by atoms with E-state index in [2.05, 4.69) is 111 Å². The number of hydrogen-bond acceptors (Lipinski definition) is 3. The van der Waals surface area contributed by atoms with Crippen LogP contribution in [0.15, 0.2) is 120 Å². The van der Waals surface area contributed by atoms with E-state index in [0.29, 0.717) is 5.92 Å². The van der Waals surface area contributed by atoms with Gasteiger partial charge in [0, 0.05) is 37.9 Å². The average Bonchev–Trinajstić information content (AvgIpc) is 3.87. The number of benzene rings is 4. The van der Waals surface area contributed by atoms with E-state index < -0.39 is 8.07 Å². The summed E-state index contributed by atoms with van der Waals surface area (Å²) >= 11 is 0. The zero-order chi connectivity index (χ0) is 36.2. The zero-order valence-electron chi connectivity index (χ0n) is 31.8. The van der Waals surface area contributed by atoms with Gasteiger partial charge in [-0.3, -0.25) is 0 Å². The van der Waals surface area contributed by atoms with Gasteiger partial charge in [0.05, 0.1) is 13.7 Å². The summed E-state index contributed by atoms with van der Waals surface area (Å²) in [6.07, 6.45) is 17.6. The summed E-state index contributed by atoms with van der Waals surface area (Å²) in [7, 11) is -1.35. The molecule has 7 aromatic rings. The first kappa shape index (κ1) is 38.1. The minimum atomic E-state index is -1.35. The van der Waals surface area contributed by atoms with Crippen LogP contribution < -0.4 is 5.19 Å². The van der Waals surface area contributed by atoms with Crippen molar-refractivity contribution in [3.05, 3.63) is 139 Å². The number of aromatic nitrogens is 2. The second kappa shape index (κ2) is 17.1. The van der Waals surface area contributed by atoms with Crippen LogP contribution in [0.4, 0.5) is 0 Å². The second-order valence-corrected chi connectivity index (χ2v) is 21.2. The van der Waals surface area contributed by atoms with Gasteiger partial charge in [0.25, 0.3) is 0 Å². The molecule has 2 fully saturated rings. The molecule has 4 aromatic carbocycles.